The molecule has 1 aliphatic rings. The molecule has 110 valence electrons. The fourth-order valence-corrected chi connectivity index (χ4v) is 2.47. The van der Waals surface area contributed by atoms with Crippen molar-refractivity contribution in [1.82, 2.24) is 9.97 Å². The molecule has 3 rings (SSSR count). The molecule has 3 heterocycles. The van der Waals surface area contributed by atoms with E-state index in [1.165, 1.54) is 6.07 Å². The Morgan fingerprint density at radius 2 is 1.90 bits per heavy atom. The van der Waals surface area contributed by atoms with Crippen LogP contribution in [-0.4, -0.2) is 16.5 Å². The average molecular weight is 293 g/mol. The predicted molar refractivity (Wildman–Crippen MR) is 73.0 cm³/mol. The molecule has 1 aliphatic heterocycles. The van der Waals surface area contributed by atoms with E-state index in [0.717, 1.165) is 23.1 Å². The molecule has 21 heavy (non-hydrogen) atoms. The molecule has 0 aliphatic carbocycles. The Hall–Kier alpha value is -2.11. The monoisotopic (exact) mass is 293 g/mol. The number of alkyl halides is 3. The van der Waals surface area contributed by atoms with E-state index in [1.807, 2.05) is 25.1 Å². The summed E-state index contributed by atoms with van der Waals surface area (Å²) in [6.07, 6.45) is -3.89. The summed E-state index contributed by atoms with van der Waals surface area (Å²) in [6, 6.07) is 8.32. The third-order valence-corrected chi connectivity index (χ3v) is 3.54. The molecule has 6 heteroatoms. The van der Waals surface area contributed by atoms with Crippen LogP contribution in [0.5, 0.6) is 0 Å². The van der Waals surface area contributed by atoms with Gasteiger partial charge in [0.1, 0.15) is 11.5 Å². The zero-order valence-corrected chi connectivity index (χ0v) is 11.5. The lowest BCUT2D eigenvalue weighted by atomic mass is 10.0. The number of aryl methyl sites for hydroxylation is 1. The quantitative estimate of drug-likeness (QED) is 0.807. The first kappa shape index (κ1) is 13.9. The fourth-order valence-electron chi connectivity index (χ4n) is 2.47. The van der Waals surface area contributed by atoms with Crippen LogP contribution in [0.15, 0.2) is 30.3 Å². The Morgan fingerprint density at radius 3 is 2.62 bits per heavy atom. The molecule has 0 fully saturated rings. The van der Waals surface area contributed by atoms with Crippen LogP contribution in [0.3, 0.4) is 0 Å². The zero-order valence-electron chi connectivity index (χ0n) is 11.5. The molecule has 0 atom stereocenters. The van der Waals surface area contributed by atoms with Crippen molar-refractivity contribution in [3.8, 4) is 0 Å². The molecule has 0 amide bonds. The third-order valence-electron chi connectivity index (χ3n) is 3.54. The van der Waals surface area contributed by atoms with Gasteiger partial charge in [-0.05, 0) is 30.7 Å². The first-order valence-electron chi connectivity index (χ1n) is 6.68. The van der Waals surface area contributed by atoms with Crippen molar-refractivity contribution >= 4 is 5.82 Å². The van der Waals surface area contributed by atoms with Gasteiger partial charge in [0.25, 0.3) is 0 Å². The zero-order chi connectivity index (χ0) is 15.0. The molecule has 3 nitrogen and oxygen atoms in total. The first-order valence-corrected chi connectivity index (χ1v) is 6.68. The lowest BCUT2D eigenvalue weighted by Crippen LogP contribution is -2.32. The SMILES string of the molecule is Cc1cccc(N2CCc3nc(C(F)(F)F)ccc3C2)n1. The molecule has 2 aromatic rings. The Labute approximate surface area is 120 Å². The number of hydrogen-bond acceptors (Lipinski definition) is 3. The van der Waals surface area contributed by atoms with Gasteiger partial charge in [-0.1, -0.05) is 12.1 Å². The van der Waals surface area contributed by atoms with Crippen molar-refractivity contribution in [2.75, 3.05) is 11.4 Å². The number of anilines is 1. The standard InChI is InChI=1S/C15H14F3N3/c1-10-3-2-4-14(19-10)21-8-7-12-11(9-21)5-6-13(20-12)15(16,17)18/h2-6H,7-9H2,1H3. The van der Waals surface area contributed by atoms with Crippen LogP contribution in [-0.2, 0) is 19.1 Å². The van der Waals surface area contributed by atoms with E-state index in [4.69, 9.17) is 0 Å². The van der Waals surface area contributed by atoms with Gasteiger partial charge in [0.05, 0.1) is 0 Å². The van der Waals surface area contributed by atoms with Crippen molar-refractivity contribution in [3.05, 3.63) is 53.0 Å². The second-order valence-corrected chi connectivity index (χ2v) is 5.11. The lowest BCUT2D eigenvalue weighted by molar-refractivity contribution is -0.141. The van der Waals surface area contributed by atoms with Crippen LogP contribution >= 0.6 is 0 Å². The van der Waals surface area contributed by atoms with Crippen molar-refractivity contribution in [3.63, 3.8) is 0 Å². The van der Waals surface area contributed by atoms with Gasteiger partial charge in [0.2, 0.25) is 0 Å². The van der Waals surface area contributed by atoms with Gasteiger partial charge >= 0.3 is 6.18 Å². The van der Waals surface area contributed by atoms with Crippen molar-refractivity contribution in [2.45, 2.75) is 26.1 Å². The molecule has 0 bridgehead atoms. The summed E-state index contributed by atoms with van der Waals surface area (Å²) in [7, 11) is 0. The Balaban J connectivity index is 1.86. The fraction of sp³-hybridized carbons (Fsp3) is 0.333. The Kier molecular flexibility index (Phi) is 3.31. The van der Waals surface area contributed by atoms with Crippen LogP contribution < -0.4 is 4.90 Å². The van der Waals surface area contributed by atoms with Crippen molar-refractivity contribution < 1.29 is 13.2 Å². The van der Waals surface area contributed by atoms with E-state index in [1.54, 1.807) is 0 Å². The van der Waals surface area contributed by atoms with Crippen LogP contribution in [0.25, 0.3) is 0 Å². The van der Waals surface area contributed by atoms with Gasteiger partial charge in [-0.2, -0.15) is 13.2 Å². The summed E-state index contributed by atoms with van der Waals surface area (Å²) < 4.78 is 38.0. The maximum Gasteiger partial charge on any atom is 0.433 e. The Morgan fingerprint density at radius 1 is 1.10 bits per heavy atom. The normalized spacial score (nSPS) is 15.0. The highest BCUT2D eigenvalue weighted by atomic mass is 19.4. The molecule has 0 unspecified atom stereocenters. The number of rotatable bonds is 1. The van der Waals surface area contributed by atoms with Crippen LogP contribution in [0.4, 0.5) is 19.0 Å². The van der Waals surface area contributed by atoms with Gasteiger partial charge < -0.3 is 4.90 Å². The largest absolute Gasteiger partial charge is 0.433 e. The molecule has 0 saturated heterocycles. The molecular formula is C15H14F3N3. The summed E-state index contributed by atoms with van der Waals surface area (Å²) >= 11 is 0. The van der Waals surface area contributed by atoms with Crippen LogP contribution in [0.1, 0.15) is 22.6 Å². The van der Waals surface area contributed by atoms with Gasteiger partial charge in [-0.25, -0.2) is 9.97 Å². The number of nitrogens with zero attached hydrogens (tertiary/aromatic N) is 3. The number of fused-ring (bicyclic) bond motifs is 1. The van der Waals surface area contributed by atoms with Crippen molar-refractivity contribution in [2.24, 2.45) is 0 Å². The highest BCUT2D eigenvalue weighted by Gasteiger charge is 2.33. The van der Waals surface area contributed by atoms with Gasteiger partial charge in [0, 0.05) is 30.9 Å². The topological polar surface area (TPSA) is 29.0 Å². The van der Waals surface area contributed by atoms with Gasteiger partial charge in [-0.3, -0.25) is 0 Å². The van der Waals surface area contributed by atoms with Gasteiger partial charge in [0.15, 0.2) is 0 Å². The van der Waals surface area contributed by atoms with E-state index >= 15 is 0 Å². The molecule has 0 radical (unpaired) electrons. The second kappa shape index (κ2) is 5.02. The smallest absolute Gasteiger partial charge is 0.352 e. The van der Waals surface area contributed by atoms with E-state index in [2.05, 4.69) is 14.9 Å². The summed E-state index contributed by atoms with van der Waals surface area (Å²) in [6.45, 7) is 3.08. The summed E-state index contributed by atoms with van der Waals surface area (Å²) in [5.41, 5.74) is 1.47. The minimum atomic E-state index is -4.38. The first-order chi connectivity index (χ1) is 9.93. The number of hydrogen-bond donors (Lipinski definition) is 0. The van der Waals surface area contributed by atoms with E-state index in [9.17, 15) is 13.2 Å². The van der Waals surface area contributed by atoms with Crippen LogP contribution in [0, 0.1) is 6.92 Å². The molecule has 0 spiro atoms. The van der Waals surface area contributed by atoms with Gasteiger partial charge in [-0.15, -0.1) is 0 Å². The number of aromatic nitrogens is 2. The molecule has 0 aromatic carbocycles. The minimum absolute atomic E-state index is 0.495. The molecule has 0 N–H and O–H groups in total. The minimum Gasteiger partial charge on any atom is -0.352 e. The average Bonchev–Trinajstić information content (AvgIpc) is 2.45. The predicted octanol–water partition coefficient (Wildman–Crippen LogP) is 3.37. The highest BCUT2D eigenvalue weighted by Crippen LogP contribution is 2.30. The summed E-state index contributed by atoms with van der Waals surface area (Å²) in [4.78, 5) is 10.3. The number of halogens is 3. The second-order valence-electron chi connectivity index (χ2n) is 5.11. The molecule has 2 aromatic heterocycles. The van der Waals surface area contributed by atoms with Crippen molar-refractivity contribution in [1.29, 1.82) is 0 Å². The van der Waals surface area contributed by atoms with E-state index < -0.39 is 11.9 Å². The molecule has 0 saturated carbocycles. The highest BCUT2D eigenvalue weighted by molar-refractivity contribution is 5.43. The van der Waals surface area contributed by atoms with Crippen LogP contribution in [0.2, 0.25) is 0 Å². The molecular weight excluding hydrogens is 279 g/mol. The third kappa shape index (κ3) is 2.84. The lowest BCUT2D eigenvalue weighted by Gasteiger charge is -2.29. The van der Waals surface area contributed by atoms with E-state index in [-0.39, 0.29) is 0 Å². The summed E-state index contributed by atoms with van der Waals surface area (Å²) in [5.74, 6) is 0.848. The maximum absolute atomic E-state index is 12.7. The Bertz CT molecular complexity index is 667. The maximum atomic E-state index is 12.7. The van der Waals surface area contributed by atoms with E-state index in [0.29, 0.717) is 25.2 Å². The number of pyridine rings is 2. The summed E-state index contributed by atoms with van der Waals surface area (Å²) in [5, 5.41) is 0.